The quantitative estimate of drug-likeness (QED) is 0.801. The number of hydrogen-bond acceptors (Lipinski definition) is 2. The predicted molar refractivity (Wildman–Crippen MR) is 71.6 cm³/mol. The van der Waals surface area contributed by atoms with Crippen LogP contribution in [0.2, 0.25) is 0 Å². The Balaban J connectivity index is 2.35. The Morgan fingerprint density at radius 2 is 1.94 bits per heavy atom. The first kappa shape index (κ1) is 14.0. The van der Waals surface area contributed by atoms with E-state index in [-0.39, 0.29) is 5.41 Å². The molecule has 0 bridgehead atoms. The van der Waals surface area contributed by atoms with E-state index in [1.54, 1.807) is 0 Å². The van der Waals surface area contributed by atoms with E-state index >= 15 is 0 Å². The van der Waals surface area contributed by atoms with Crippen LogP contribution in [0.25, 0.3) is 0 Å². The van der Waals surface area contributed by atoms with Crippen LogP contribution in [-0.4, -0.2) is 30.1 Å². The van der Waals surface area contributed by atoms with E-state index in [1.807, 2.05) is 0 Å². The highest BCUT2D eigenvalue weighted by Gasteiger charge is 2.23. The van der Waals surface area contributed by atoms with Gasteiger partial charge in [-0.3, -0.25) is 0 Å². The molecule has 2 nitrogen and oxygen atoms in total. The average Bonchev–Trinajstić information content (AvgIpc) is 2.38. The molecule has 1 rings (SSSR count). The topological polar surface area (TPSA) is 29.3 Å². The molecule has 1 fully saturated rings. The monoisotopic (exact) mass is 226 g/mol. The van der Waals surface area contributed by atoms with Crippen LogP contribution in [0.4, 0.5) is 0 Å². The van der Waals surface area contributed by atoms with Crippen molar-refractivity contribution in [1.82, 2.24) is 4.90 Å². The molecular weight excluding hydrogens is 196 g/mol. The van der Waals surface area contributed by atoms with Crippen molar-refractivity contribution in [2.24, 2.45) is 11.1 Å². The van der Waals surface area contributed by atoms with Crippen molar-refractivity contribution in [2.45, 2.75) is 71.9 Å². The Morgan fingerprint density at radius 3 is 2.56 bits per heavy atom. The zero-order valence-electron chi connectivity index (χ0n) is 11.6. The van der Waals surface area contributed by atoms with E-state index in [2.05, 4.69) is 32.6 Å². The first-order valence-electron chi connectivity index (χ1n) is 6.91. The molecule has 0 spiro atoms. The maximum absolute atomic E-state index is 6.23. The molecule has 1 heterocycles. The molecule has 0 amide bonds. The SMILES string of the molecule is CC1CCCCCN1CCC(N)C(C)(C)C. The van der Waals surface area contributed by atoms with Crippen LogP contribution in [0.15, 0.2) is 0 Å². The Hall–Kier alpha value is -0.0800. The standard InChI is InChI=1S/C14H30N2/c1-12-8-6-5-7-10-16(12)11-9-13(15)14(2,3)4/h12-13H,5-11,15H2,1-4H3. The van der Waals surface area contributed by atoms with E-state index in [0.717, 1.165) is 12.5 Å². The molecule has 2 unspecified atom stereocenters. The van der Waals surface area contributed by atoms with Gasteiger partial charge in [-0.15, -0.1) is 0 Å². The van der Waals surface area contributed by atoms with Gasteiger partial charge in [0.25, 0.3) is 0 Å². The second-order valence-electron chi connectivity index (χ2n) is 6.50. The summed E-state index contributed by atoms with van der Waals surface area (Å²) < 4.78 is 0. The molecule has 0 aromatic heterocycles. The first-order chi connectivity index (χ1) is 7.41. The molecule has 0 aromatic rings. The Morgan fingerprint density at radius 1 is 1.25 bits per heavy atom. The van der Waals surface area contributed by atoms with Crippen LogP contribution in [0.3, 0.4) is 0 Å². The summed E-state index contributed by atoms with van der Waals surface area (Å²) in [6, 6.07) is 1.08. The van der Waals surface area contributed by atoms with E-state index in [4.69, 9.17) is 5.73 Å². The third-order valence-corrected chi connectivity index (χ3v) is 4.03. The van der Waals surface area contributed by atoms with Crippen LogP contribution in [0.5, 0.6) is 0 Å². The number of hydrogen-bond donors (Lipinski definition) is 1. The fourth-order valence-electron chi connectivity index (χ4n) is 2.40. The highest BCUT2D eigenvalue weighted by Crippen LogP contribution is 2.22. The molecule has 96 valence electrons. The lowest BCUT2D eigenvalue weighted by molar-refractivity contribution is 0.187. The van der Waals surface area contributed by atoms with E-state index in [1.165, 1.54) is 38.8 Å². The first-order valence-corrected chi connectivity index (χ1v) is 6.91. The molecule has 0 saturated carbocycles. The fraction of sp³-hybridized carbons (Fsp3) is 1.00. The lowest BCUT2D eigenvalue weighted by atomic mass is 9.85. The van der Waals surface area contributed by atoms with Gasteiger partial charge >= 0.3 is 0 Å². The summed E-state index contributed by atoms with van der Waals surface area (Å²) in [5.74, 6) is 0. The molecule has 2 atom stereocenters. The molecule has 0 aromatic carbocycles. The minimum atomic E-state index is 0.245. The fourth-order valence-corrected chi connectivity index (χ4v) is 2.40. The highest BCUT2D eigenvalue weighted by molar-refractivity contribution is 4.80. The molecule has 1 aliphatic heterocycles. The van der Waals surface area contributed by atoms with Crippen LogP contribution < -0.4 is 5.73 Å². The lowest BCUT2D eigenvalue weighted by Crippen LogP contribution is -2.41. The maximum atomic E-state index is 6.23. The van der Waals surface area contributed by atoms with Gasteiger partial charge in [0.15, 0.2) is 0 Å². The van der Waals surface area contributed by atoms with Gasteiger partial charge in [0.1, 0.15) is 0 Å². The van der Waals surface area contributed by atoms with Crippen LogP contribution in [0.1, 0.15) is 59.8 Å². The Bertz CT molecular complexity index is 195. The van der Waals surface area contributed by atoms with Crippen molar-refractivity contribution >= 4 is 0 Å². The molecule has 2 N–H and O–H groups in total. The summed E-state index contributed by atoms with van der Waals surface area (Å²) in [6.45, 7) is 11.5. The van der Waals surface area contributed by atoms with Crippen LogP contribution in [0, 0.1) is 5.41 Å². The summed E-state index contributed by atoms with van der Waals surface area (Å²) in [6.07, 6.45) is 6.68. The summed E-state index contributed by atoms with van der Waals surface area (Å²) in [4.78, 5) is 2.64. The van der Waals surface area contributed by atoms with Gasteiger partial charge in [-0.25, -0.2) is 0 Å². The summed E-state index contributed by atoms with van der Waals surface area (Å²) in [5.41, 5.74) is 6.47. The minimum absolute atomic E-state index is 0.245. The third kappa shape index (κ3) is 4.42. The molecule has 2 heteroatoms. The Kier molecular flexibility index (Phi) is 5.26. The lowest BCUT2D eigenvalue weighted by Gasteiger charge is -2.32. The second-order valence-corrected chi connectivity index (χ2v) is 6.50. The van der Waals surface area contributed by atoms with Gasteiger partial charge in [0, 0.05) is 12.1 Å². The largest absolute Gasteiger partial charge is 0.327 e. The van der Waals surface area contributed by atoms with Crippen molar-refractivity contribution in [3.8, 4) is 0 Å². The van der Waals surface area contributed by atoms with Gasteiger partial charge in [0.2, 0.25) is 0 Å². The van der Waals surface area contributed by atoms with Gasteiger partial charge in [-0.1, -0.05) is 33.6 Å². The van der Waals surface area contributed by atoms with Crippen molar-refractivity contribution in [1.29, 1.82) is 0 Å². The number of nitrogens with zero attached hydrogens (tertiary/aromatic N) is 1. The third-order valence-electron chi connectivity index (χ3n) is 4.03. The van der Waals surface area contributed by atoms with Crippen LogP contribution in [-0.2, 0) is 0 Å². The summed E-state index contributed by atoms with van der Waals surface area (Å²) in [7, 11) is 0. The highest BCUT2D eigenvalue weighted by atomic mass is 15.1. The average molecular weight is 226 g/mol. The molecule has 16 heavy (non-hydrogen) atoms. The zero-order valence-corrected chi connectivity index (χ0v) is 11.6. The zero-order chi connectivity index (χ0) is 12.2. The number of nitrogens with two attached hydrogens (primary N) is 1. The van der Waals surface area contributed by atoms with Crippen molar-refractivity contribution in [2.75, 3.05) is 13.1 Å². The summed E-state index contributed by atoms with van der Waals surface area (Å²) in [5, 5.41) is 0. The van der Waals surface area contributed by atoms with Gasteiger partial charge < -0.3 is 10.6 Å². The minimum Gasteiger partial charge on any atom is -0.327 e. The molecule has 1 saturated heterocycles. The van der Waals surface area contributed by atoms with E-state index < -0.39 is 0 Å². The second kappa shape index (κ2) is 6.02. The smallest absolute Gasteiger partial charge is 0.00998 e. The molecule has 0 radical (unpaired) electrons. The van der Waals surface area contributed by atoms with Crippen molar-refractivity contribution in [3.05, 3.63) is 0 Å². The normalized spacial score (nSPS) is 26.4. The Labute approximate surface area is 102 Å². The van der Waals surface area contributed by atoms with Gasteiger partial charge in [-0.05, 0) is 44.7 Å². The molecular formula is C14H30N2. The molecule has 1 aliphatic rings. The van der Waals surface area contributed by atoms with Gasteiger partial charge in [-0.2, -0.15) is 0 Å². The van der Waals surface area contributed by atoms with Crippen molar-refractivity contribution < 1.29 is 0 Å². The van der Waals surface area contributed by atoms with Crippen molar-refractivity contribution in [3.63, 3.8) is 0 Å². The summed E-state index contributed by atoms with van der Waals surface area (Å²) >= 11 is 0. The van der Waals surface area contributed by atoms with Gasteiger partial charge in [0.05, 0.1) is 0 Å². The number of rotatable bonds is 3. The maximum Gasteiger partial charge on any atom is 0.00998 e. The molecule has 0 aliphatic carbocycles. The predicted octanol–water partition coefficient (Wildman–Crippen LogP) is 3.01. The van der Waals surface area contributed by atoms with E-state index in [0.29, 0.717) is 6.04 Å². The van der Waals surface area contributed by atoms with Crippen LogP contribution >= 0.6 is 0 Å². The number of likely N-dealkylation sites (tertiary alicyclic amines) is 1. The van der Waals surface area contributed by atoms with E-state index in [9.17, 15) is 0 Å².